The zero-order chi connectivity index (χ0) is 11.0. The second kappa shape index (κ2) is 4.00. The number of ether oxygens (including phenoxy) is 1. The molecule has 0 amide bonds. The first kappa shape index (κ1) is 10.00. The molecule has 4 heteroatoms. The van der Waals surface area contributed by atoms with Crippen LogP contribution < -0.4 is 10.1 Å². The molecule has 3 rings (SSSR count). The highest BCUT2D eigenvalue weighted by Crippen LogP contribution is 2.36. The van der Waals surface area contributed by atoms with E-state index >= 15 is 0 Å². The first-order chi connectivity index (χ1) is 7.83. The molecule has 2 nitrogen and oxygen atoms in total. The third-order valence-corrected chi connectivity index (χ3v) is 3.79. The van der Waals surface area contributed by atoms with Crippen LogP contribution in [-0.4, -0.2) is 6.61 Å². The molecule has 1 aliphatic heterocycles. The number of rotatable bonds is 1. The number of hydrogen-bond acceptors (Lipinski definition) is 3. The summed E-state index contributed by atoms with van der Waals surface area (Å²) in [6, 6.07) is 10.1. The van der Waals surface area contributed by atoms with Gasteiger partial charge in [0.25, 0.3) is 0 Å². The molecule has 2 aromatic rings. The summed E-state index contributed by atoms with van der Waals surface area (Å²) in [7, 11) is 0. The van der Waals surface area contributed by atoms with Gasteiger partial charge in [0.1, 0.15) is 12.4 Å². The Bertz CT molecular complexity index is 498. The van der Waals surface area contributed by atoms with Crippen molar-refractivity contribution in [1.82, 2.24) is 0 Å². The molecule has 1 aromatic heterocycles. The molecule has 1 aliphatic rings. The summed E-state index contributed by atoms with van der Waals surface area (Å²) in [5.41, 5.74) is 1.01. The lowest BCUT2D eigenvalue weighted by atomic mass is 10.2. The number of hydrogen-bond donors (Lipinski definition) is 1. The molecule has 0 saturated carbocycles. The first-order valence-corrected chi connectivity index (χ1v) is 6.31. The summed E-state index contributed by atoms with van der Waals surface area (Å²) in [6.07, 6.45) is 0. The molecule has 0 fully saturated rings. The summed E-state index contributed by atoms with van der Waals surface area (Å²) in [5.74, 6) is 0.834. The highest BCUT2D eigenvalue weighted by Gasteiger charge is 2.20. The molecule has 2 heterocycles. The molecular weight excluding hydrogens is 242 g/mol. The van der Waals surface area contributed by atoms with E-state index in [4.69, 9.17) is 16.3 Å². The van der Waals surface area contributed by atoms with Gasteiger partial charge in [-0.05, 0) is 23.6 Å². The number of thiophene rings is 1. The van der Waals surface area contributed by atoms with E-state index < -0.39 is 0 Å². The van der Waals surface area contributed by atoms with E-state index in [1.807, 2.05) is 18.2 Å². The second-order valence-electron chi connectivity index (χ2n) is 3.66. The maximum atomic E-state index is 5.91. The fourth-order valence-corrected chi connectivity index (χ4v) is 2.70. The molecular formula is C12H10ClNOS. The summed E-state index contributed by atoms with van der Waals surface area (Å²) < 4.78 is 5.70. The van der Waals surface area contributed by atoms with Crippen LogP contribution in [0.1, 0.15) is 10.9 Å². The number of benzene rings is 1. The number of fused-ring (bicyclic) bond motifs is 1. The van der Waals surface area contributed by atoms with Crippen molar-refractivity contribution in [3.8, 4) is 5.75 Å². The largest absolute Gasteiger partial charge is 0.489 e. The SMILES string of the molecule is Clc1ccc2c(c1)OC[C@@H](c1cccs1)N2. The van der Waals surface area contributed by atoms with Crippen LogP contribution in [0.4, 0.5) is 5.69 Å². The van der Waals surface area contributed by atoms with E-state index in [1.165, 1.54) is 4.88 Å². The highest BCUT2D eigenvalue weighted by atomic mass is 35.5. The molecule has 0 aliphatic carbocycles. The highest BCUT2D eigenvalue weighted by molar-refractivity contribution is 7.10. The molecule has 16 heavy (non-hydrogen) atoms. The minimum absolute atomic E-state index is 0.244. The Hall–Kier alpha value is -1.19. The summed E-state index contributed by atoms with van der Waals surface area (Å²) in [4.78, 5) is 1.29. The smallest absolute Gasteiger partial charge is 0.144 e. The van der Waals surface area contributed by atoms with Crippen molar-refractivity contribution in [2.75, 3.05) is 11.9 Å². The maximum absolute atomic E-state index is 5.91. The number of nitrogens with one attached hydrogen (secondary N) is 1. The van der Waals surface area contributed by atoms with E-state index in [2.05, 4.69) is 22.8 Å². The molecule has 1 atom stereocenters. The Kier molecular flexibility index (Phi) is 2.50. The van der Waals surface area contributed by atoms with Crippen LogP contribution in [0.2, 0.25) is 5.02 Å². The van der Waals surface area contributed by atoms with Gasteiger partial charge < -0.3 is 10.1 Å². The van der Waals surface area contributed by atoms with Crippen LogP contribution in [-0.2, 0) is 0 Å². The van der Waals surface area contributed by atoms with Gasteiger partial charge in [0.05, 0.1) is 11.7 Å². The molecule has 0 saturated heterocycles. The third kappa shape index (κ3) is 1.77. The van der Waals surface area contributed by atoms with Gasteiger partial charge in [-0.3, -0.25) is 0 Å². The normalized spacial score (nSPS) is 18.4. The Labute approximate surface area is 103 Å². The minimum atomic E-state index is 0.244. The van der Waals surface area contributed by atoms with Crippen LogP contribution >= 0.6 is 22.9 Å². The molecule has 0 radical (unpaired) electrons. The van der Waals surface area contributed by atoms with E-state index in [0.29, 0.717) is 11.6 Å². The van der Waals surface area contributed by atoms with E-state index in [9.17, 15) is 0 Å². The van der Waals surface area contributed by atoms with Crippen molar-refractivity contribution in [2.45, 2.75) is 6.04 Å². The van der Waals surface area contributed by atoms with Crippen molar-refractivity contribution in [1.29, 1.82) is 0 Å². The summed E-state index contributed by atoms with van der Waals surface area (Å²) >= 11 is 7.65. The van der Waals surface area contributed by atoms with E-state index in [0.717, 1.165) is 11.4 Å². The molecule has 82 valence electrons. The Morgan fingerprint density at radius 2 is 2.31 bits per heavy atom. The van der Waals surface area contributed by atoms with Gasteiger partial charge in [-0.2, -0.15) is 0 Å². The van der Waals surface area contributed by atoms with E-state index in [-0.39, 0.29) is 6.04 Å². The predicted octanol–water partition coefficient (Wildman–Crippen LogP) is 3.95. The van der Waals surface area contributed by atoms with Gasteiger partial charge in [-0.25, -0.2) is 0 Å². The number of halogens is 1. The molecule has 1 N–H and O–H groups in total. The lowest BCUT2D eigenvalue weighted by molar-refractivity contribution is 0.288. The van der Waals surface area contributed by atoms with Gasteiger partial charge in [0.2, 0.25) is 0 Å². The van der Waals surface area contributed by atoms with Crippen molar-refractivity contribution in [3.63, 3.8) is 0 Å². The third-order valence-electron chi connectivity index (χ3n) is 2.57. The van der Waals surface area contributed by atoms with Crippen molar-refractivity contribution >= 4 is 28.6 Å². The van der Waals surface area contributed by atoms with Crippen LogP contribution in [0.3, 0.4) is 0 Å². The Morgan fingerprint density at radius 3 is 3.12 bits per heavy atom. The minimum Gasteiger partial charge on any atom is -0.489 e. The lowest BCUT2D eigenvalue weighted by Crippen LogP contribution is -2.22. The summed E-state index contributed by atoms with van der Waals surface area (Å²) in [5, 5.41) is 6.23. The molecule has 0 unspecified atom stereocenters. The Balaban J connectivity index is 1.89. The molecule has 1 aromatic carbocycles. The van der Waals surface area contributed by atoms with Crippen molar-refractivity contribution in [2.24, 2.45) is 0 Å². The lowest BCUT2D eigenvalue weighted by Gasteiger charge is -2.26. The molecule has 0 bridgehead atoms. The standard InChI is InChI=1S/C12H10ClNOS/c13-8-3-4-9-11(6-8)15-7-10(14-9)12-2-1-5-16-12/h1-6,10,14H,7H2/t10-/m0/s1. The average molecular weight is 252 g/mol. The topological polar surface area (TPSA) is 21.3 Å². The van der Waals surface area contributed by atoms with Gasteiger partial charge in [0, 0.05) is 16.0 Å². The quantitative estimate of drug-likeness (QED) is 0.829. The second-order valence-corrected chi connectivity index (χ2v) is 5.08. The fraction of sp³-hybridized carbons (Fsp3) is 0.167. The molecule has 0 spiro atoms. The van der Waals surface area contributed by atoms with Crippen LogP contribution in [0.25, 0.3) is 0 Å². The van der Waals surface area contributed by atoms with E-state index in [1.54, 1.807) is 11.3 Å². The van der Waals surface area contributed by atoms with Gasteiger partial charge in [0.15, 0.2) is 0 Å². The zero-order valence-corrected chi connectivity index (χ0v) is 10.0. The Morgan fingerprint density at radius 1 is 1.38 bits per heavy atom. The van der Waals surface area contributed by atoms with Gasteiger partial charge in [-0.1, -0.05) is 17.7 Å². The monoisotopic (exact) mass is 251 g/mol. The van der Waals surface area contributed by atoms with Gasteiger partial charge in [-0.15, -0.1) is 11.3 Å². The average Bonchev–Trinajstić information content (AvgIpc) is 2.82. The fourth-order valence-electron chi connectivity index (χ4n) is 1.78. The van der Waals surface area contributed by atoms with Crippen molar-refractivity contribution in [3.05, 3.63) is 45.6 Å². The zero-order valence-electron chi connectivity index (χ0n) is 8.44. The first-order valence-electron chi connectivity index (χ1n) is 5.05. The van der Waals surface area contributed by atoms with Crippen LogP contribution in [0, 0.1) is 0 Å². The predicted molar refractivity (Wildman–Crippen MR) is 67.6 cm³/mol. The van der Waals surface area contributed by atoms with Crippen molar-refractivity contribution < 1.29 is 4.74 Å². The van der Waals surface area contributed by atoms with Gasteiger partial charge >= 0.3 is 0 Å². The summed E-state index contributed by atoms with van der Waals surface area (Å²) in [6.45, 7) is 0.647. The van der Waals surface area contributed by atoms with Crippen LogP contribution in [0.5, 0.6) is 5.75 Å². The van der Waals surface area contributed by atoms with Crippen LogP contribution in [0.15, 0.2) is 35.7 Å². The number of anilines is 1. The maximum Gasteiger partial charge on any atom is 0.144 e.